The molecule has 5 nitrogen and oxygen atoms in total. The number of aromatic hydroxyl groups is 1. The van der Waals surface area contributed by atoms with E-state index in [-0.39, 0.29) is 17.4 Å². The van der Waals surface area contributed by atoms with E-state index in [1.54, 1.807) is 19.1 Å². The van der Waals surface area contributed by atoms with Crippen LogP contribution in [0.4, 0.5) is 5.69 Å². The summed E-state index contributed by atoms with van der Waals surface area (Å²) in [5.74, 6) is 0.269. The lowest BCUT2D eigenvalue weighted by molar-refractivity contribution is 0.466. The summed E-state index contributed by atoms with van der Waals surface area (Å²) in [5.41, 5.74) is 4.28. The molecule has 2 N–H and O–H groups in total. The number of aryl methyl sites for hydroxylation is 1. The number of phenols is 1. The first kappa shape index (κ1) is 13.5. The molecule has 0 fully saturated rings. The first-order chi connectivity index (χ1) is 8.51. The van der Waals surface area contributed by atoms with E-state index < -0.39 is 0 Å². The number of hydrogen-bond acceptors (Lipinski definition) is 5. The van der Waals surface area contributed by atoms with Crippen LogP contribution in [0.2, 0.25) is 0 Å². The molecule has 0 spiro atoms. The van der Waals surface area contributed by atoms with E-state index in [9.17, 15) is 5.11 Å². The highest BCUT2D eigenvalue weighted by Gasteiger charge is 2.12. The second-order valence-electron chi connectivity index (χ2n) is 4.15. The maximum atomic E-state index is 10.1. The maximum absolute atomic E-state index is 10.1. The molecule has 0 atom stereocenters. The Morgan fingerprint density at radius 2 is 1.94 bits per heavy atom. The van der Waals surface area contributed by atoms with Crippen LogP contribution < -0.4 is 5.43 Å². The molecule has 0 saturated carbocycles. The minimum atomic E-state index is -0.288. The number of nitrogens with zero attached hydrogens (tertiary/aromatic N) is 3. The zero-order valence-electron chi connectivity index (χ0n) is 10.5. The van der Waals surface area contributed by atoms with Crippen molar-refractivity contribution < 1.29 is 5.11 Å². The van der Waals surface area contributed by atoms with Crippen LogP contribution >= 0.6 is 0 Å². The molecule has 1 rings (SSSR count). The van der Waals surface area contributed by atoms with Gasteiger partial charge in [0.15, 0.2) is 0 Å². The molecule has 0 aliphatic heterocycles. The van der Waals surface area contributed by atoms with Gasteiger partial charge in [0.05, 0.1) is 0 Å². The fraction of sp³-hybridized carbons (Fsp3) is 0.308. The predicted molar refractivity (Wildman–Crippen MR) is 69.2 cm³/mol. The second kappa shape index (κ2) is 5.70. The molecule has 0 saturated heterocycles. The Hall–Kier alpha value is -2.53. The number of nitrogens with one attached hydrogen (secondary N) is 1. The van der Waals surface area contributed by atoms with Crippen molar-refractivity contribution in [3.63, 3.8) is 0 Å². The number of nitriles is 2. The summed E-state index contributed by atoms with van der Waals surface area (Å²) in [5, 5.41) is 30.9. The smallest absolute Gasteiger partial charge is 0.237 e. The van der Waals surface area contributed by atoms with Crippen molar-refractivity contribution in [2.75, 3.05) is 5.43 Å². The van der Waals surface area contributed by atoms with E-state index >= 15 is 0 Å². The van der Waals surface area contributed by atoms with Gasteiger partial charge in [-0.25, -0.2) is 0 Å². The Labute approximate surface area is 106 Å². The largest absolute Gasteiger partial charge is 0.505 e. The molecular formula is C13H14N4O. The molecule has 0 bridgehead atoms. The highest BCUT2D eigenvalue weighted by atomic mass is 16.3. The quantitative estimate of drug-likeness (QED) is 0.484. The van der Waals surface area contributed by atoms with Gasteiger partial charge in [-0.05, 0) is 24.0 Å². The molecular weight excluding hydrogens is 228 g/mol. The van der Waals surface area contributed by atoms with Gasteiger partial charge in [-0.15, -0.1) is 0 Å². The number of hydrazone groups is 1. The second-order valence-corrected chi connectivity index (χ2v) is 4.15. The lowest BCUT2D eigenvalue weighted by Gasteiger charge is -2.14. The fourth-order valence-electron chi connectivity index (χ4n) is 1.50. The van der Waals surface area contributed by atoms with Crippen molar-refractivity contribution in [3.8, 4) is 17.9 Å². The van der Waals surface area contributed by atoms with E-state index in [2.05, 4.69) is 10.5 Å². The standard InChI is InChI=1S/C13H14N4O/c1-8(2)11-5-4-9(3)12(13(11)18)17-16-10(6-14)7-15/h4-5,8,17-18H,1-3H3. The van der Waals surface area contributed by atoms with Gasteiger partial charge in [0, 0.05) is 0 Å². The molecule has 0 aromatic heterocycles. The highest BCUT2D eigenvalue weighted by Crippen LogP contribution is 2.35. The van der Waals surface area contributed by atoms with Crippen LogP contribution in [-0.4, -0.2) is 10.8 Å². The minimum absolute atomic E-state index is 0.101. The van der Waals surface area contributed by atoms with E-state index in [0.717, 1.165) is 11.1 Å². The monoisotopic (exact) mass is 242 g/mol. The van der Waals surface area contributed by atoms with E-state index in [1.165, 1.54) is 0 Å². The highest BCUT2D eigenvalue weighted by molar-refractivity contribution is 6.10. The van der Waals surface area contributed by atoms with Gasteiger partial charge in [0.25, 0.3) is 0 Å². The zero-order chi connectivity index (χ0) is 13.7. The van der Waals surface area contributed by atoms with Crippen LogP contribution in [0, 0.1) is 29.6 Å². The molecule has 0 radical (unpaired) electrons. The molecule has 0 amide bonds. The summed E-state index contributed by atoms with van der Waals surface area (Å²) in [4.78, 5) is 0. The van der Waals surface area contributed by atoms with Crippen LogP contribution in [0.15, 0.2) is 17.2 Å². The Morgan fingerprint density at radius 1 is 1.33 bits per heavy atom. The normalized spacial score (nSPS) is 9.44. The molecule has 18 heavy (non-hydrogen) atoms. The molecule has 0 aliphatic rings. The average Bonchev–Trinajstić information content (AvgIpc) is 2.33. The summed E-state index contributed by atoms with van der Waals surface area (Å²) >= 11 is 0. The lowest BCUT2D eigenvalue weighted by Crippen LogP contribution is -2.00. The third-order valence-electron chi connectivity index (χ3n) is 2.53. The fourth-order valence-corrected chi connectivity index (χ4v) is 1.50. The summed E-state index contributed by atoms with van der Waals surface area (Å²) in [7, 11) is 0. The van der Waals surface area contributed by atoms with E-state index in [1.807, 2.05) is 26.0 Å². The Kier molecular flexibility index (Phi) is 4.28. The van der Waals surface area contributed by atoms with Gasteiger partial charge in [0.2, 0.25) is 5.71 Å². The number of phenolic OH excluding ortho intramolecular Hbond substituents is 1. The number of anilines is 1. The number of rotatable bonds is 3. The van der Waals surface area contributed by atoms with Gasteiger partial charge in [-0.1, -0.05) is 26.0 Å². The number of benzene rings is 1. The summed E-state index contributed by atoms with van der Waals surface area (Å²) in [6, 6.07) is 6.99. The SMILES string of the molecule is Cc1ccc(C(C)C)c(O)c1NN=C(C#N)C#N. The van der Waals surface area contributed by atoms with Crippen molar-refractivity contribution in [1.29, 1.82) is 10.5 Å². The minimum Gasteiger partial charge on any atom is -0.505 e. The summed E-state index contributed by atoms with van der Waals surface area (Å²) in [6.07, 6.45) is 0. The average molecular weight is 242 g/mol. The van der Waals surface area contributed by atoms with Crippen molar-refractivity contribution in [2.24, 2.45) is 5.10 Å². The third-order valence-corrected chi connectivity index (χ3v) is 2.53. The van der Waals surface area contributed by atoms with Crippen molar-refractivity contribution in [1.82, 2.24) is 0 Å². The predicted octanol–water partition coefficient (Wildman–Crippen LogP) is 2.64. The summed E-state index contributed by atoms with van der Waals surface area (Å²) in [6.45, 7) is 5.74. The zero-order valence-corrected chi connectivity index (χ0v) is 10.5. The van der Waals surface area contributed by atoms with Gasteiger partial charge in [0.1, 0.15) is 23.6 Å². The Balaban J connectivity index is 3.18. The van der Waals surface area contributed by atoms with Crippen LogP contribution in [0.3, 0.4) is 0 Å². The molecule has 0 aliphatic carbocycles. The third kappa shape index (κ3) is 2.78. The molecule has 1 aromatic rings. The molecule has 0 unspecified atom stereocenters. The Morgan fingerprint density at radius 3 is 2.44 bits per heavy atom. The topological polar surface area (TPSA) is 92.2 Å². The molecule has 1 aromatic carbocycles. The van der Waals surface area contributed by atoms with Crippen LogP contribution in [-0.2, 0) is 0 Å². The molecule has 92 valence electrons. The van der Waals surface area contributed by atoms with E-state index in [4.69, 9.17) is 10.5 Å². The summed E-state index contributed by atoms with van der Waals surface area (Å²) < 4.78 is 0. The molecule has 5 heteroatoms. The number of hydrogen-bond donors (Lipinski definition) is 2. The lowest BCUT2D eigenvalue weighted by atomic mass is 9.99. The van der Waals surface area contributed by atoms with Gasteiger partial charge in [-0.2, -0.15) is 15.6 Å². The van der Waals surface area contributed by atoms with Gasteiger partial charge >= 0.3 is 0 Å². The molecule has 0 heterocycles. The van der Waals surface area contributed by atoms with Crippen LogP contribution in [0.5, 0.6) is 5.75 Å². The van der Waals surface area contributed by atoms with Gasteiger partial charge < -0.3 is 5.11 Å². The van der Waals surface area contributed by atoms with Crippen molar-refractivity contribution in [3.05, 3.63) is 23.3 Å². The van der Waals surface area contributed by atoms with Crippen molar-refractivity contribution >= 4 is 11.4 Å². The Bertz CT molecular complexity index is 546. The van der Waals surface area contributed by atoms with Gasteiger partial charge in [-0.3, -0.25) is 5.43 Å². The van der Waals surface area contributed by atoms with E-state index in [0.29, 0.717) is 5.69 Å². The van der Waals surface area contributed by atoms with Crippen LogP contribution in [0.1, 0.15) is 30.9 Å². The first-order valence-corrected chi connectivity index (χ1v) is 5.47. The van der Waals surface area contributed by atoms with Crippen molar-refractivity contribution in [2.45, 2.75) is 26.7 Å². The maximum Gasteiger partial charge on any atom is 0.237 e. The first-order valence-electron chi connectivity index (χ1n) is 5.47. The van der Waals surface area contributed by atoms with Crippen LogP contribution in [0.25, 0.3) is 0 Å².